The topological polar surface area (TPSA) is 47.3 Å². The zero-order valence-electron chi connectivity index (χ0n) is 14.4. The Hall–Kier alpha value is -1.64. The Kier molecular flexibility index (Phi) is 2.89. The number of aryl methyl sites for hydroxylation is 1. The highest BCUT2D eigenvalue weighted by Gasteiger charge is 2.55. The third-order valence-electron chi connectivity index (χ3n) is 6.69. The first-order valence-corrected chi connectivity index (χ1v) is 8.68. The Morgan fingerprint density at radius 2 is 1.87 bits per heavy atom. The number of hydrogen-bond donors (Lipinski definition) is 0. The molecule has 1 aromatic rings. The van der Waals surface area contributed by atoms with Gasteiger partial charge in [-0.1, -0.05) is 27.2 Å². The number of carbonyl (C=O) groups is 2. The van der Waals surface area contributed by atoms with E-state index in [1.165, 1.54) is 6.42 Å². The minimum absolute atomic E-state index is 0.0647. The average molecular weight is 312 g/mol. The van der Waals surface area contributed by atoms with Crippen LogP contribution in [0.1, 0.15) is 74.6 Å². The molecule has 0 spiro atoms. The van der Waals surface area contributed by atoms with Gasteiger partial charge in [-0.25, -0.2) is 0 Å². The van der Waals surface area contributed by atoms with Crippen LogP contribution in [0.4, 0.5) is 0 Å². The second-order valence-electron chi connectivity index (χ2n) is 8.49. The molecule has 0 aromatic carbocycles. The van der Waals surface area contributed by atoms with Crippen molar-refractivity contribution < 1.29 is 14.0 Å². The third kappa shape index (κ3) is 1.76. The molecule has 122 valence electrons. The van der Waals surface area contributed by atoms with Gasteiger partial charge >= 0.3 is 0 Å². The van der Waals surface area contributed by atoms with E-state index in [-0.39, 0.29) is 22.4 Å². The Bertz CT molecular complexity index is 762. The van der Waals surface area contributed by atoms with Crippen LogP contribution in [0.5, 0.6) is 0 Å². The van der Waals surface area contributed by atoms with Crippen LogP contribution in [-0.2, 0) is 4.79 Å². The molecule has 3 heteroatoms. The predicted octanol–water partition coefficient (Wildman–Crippen LogP) is 4.73. The van der Waals surface area contributed by atoms with Gasteiger partial charge in [0.05, 0.1) is 11.8 Å². The molecule has 3 aliphatic carbocycles. The van der Waals surface area contributed by atoms with E-state index < -0.39 is 0 Å². The summed E-state index contributed by atoms with van der Waals surface area (Å²) in [6.45, 7) is 8.85. The Balaban J connectivity index is 1.98. The van der Waals surface area contributed by atoms with Crippen molar-refractivity contribution in [1.82, 2.24) is 0 Å². The second-order valence-corrected chi connectivity index (χ2v) is 8.49. The summed E-state index contributed by atoms with van der Waals surface area (Å²) in [6.07, 6.45) is 6.80. The maximum absolute atomic E-state index is 12.7. The van der Waals surface area contributed by atoms with Gasteiger partial charge in [-0.15, -0.1) is 0 Å². The largest absolute Gasteiger partial charge is 0.464 e. The molecular weight excluding hydrogens is 288 g/mol. The zero-order valence-corrected chi connectivity index (χ0v) is 14.4. The monoisotopic (exact) mass is 312 g/mol. The average Bonchev–Trinajstić information content (AvgIpc) is 2.85. The SMILES string of the molecule is Cc1coc2c1C(=O)C(=O)C1=C2C2(C)CCCC(C)(C)C2CC1. The lowest BCUT2D eigenvalue weighted by Gasteiger charge is -2.55. The Morgan fingerprint density at radius 1 is 1.13 bits per heavy atom. The quantitative estimate of drug-likeness (QED) is 0.650. The van der Waals surface area contributed by atoms with Crippen molar-refractivity contribution in [2.45, 2.75) is 59.8 Å². The van der Waals surface area contributed by atoms with Crippen LogP contribution < -0.4 is 0 Å². The number of rotatable bonds is 0. The molecule has 1 saturated carbocycles. The van der Waals surface area contributed by atoms with Crippen molar-refractivity contribution in [3.05, 3.63) is 28.7 Å². The molecule has 1 aromatic heterocycles. The van der Waals surface area contributed by atoms with Gasteiger partial charge in [0.2, 0.25) is 11.6 Å². The summed E-state index contributed by atoms with van der Waals surface area (Å²) in [6, 6.07) is 0. The van der Waals surface area contributed by atoms with Crippen molar-refractivity contribution in [2.75, 3.05) is 0 Å². The zero-order chi connectivity index (χ0) is 16.6. The molecule has 0 N–H and O–H groups in total. The lowest BCUT2D eigenvalue weighted by Crippen LogP contribution is -2.47. The van der Waals surface area contributed by atoms with Gasteiger partial charge in [0.25, 0.3) is 0 Å². The lowest BCUT2D eigenvalue weighted by atomic mass is 9.49. The molecule has 0 aliphatic heterocycles. The number of carbonyl (C=O) groups excluding carboxylic acids is 2. The van der Waals surface area contributed by atoms with Gasteiger partial charge in [0.1, 0.15) is 5.76 Å². The summed E-state index contributed by atoms with van der Waals surface area (Å²) < 4.78 is 5.83. The molecule has 4 rings (SSSR count). The highest BCUT2D eigenvalue weighted by atomic mass is 16.3. The number of fused-ring (bicyclic) bond motifs is 4. The summed E-state index contributed by atoms with van der Waals surface area (Å²) >= 11 is 0. The Labute approximate surface area is 137 Å². The van der Waals surface area contributed by atoms with Crippen LogP contribution in [-0.4, -0.2) is 11.6 Å². The molecule has 3 aliphatic rings. The van der Waals surface area contributed by atoms with Gasteiger partial charge in [-0.2, -0.15) is 0 Å². The van der Waals surface area contributed by atoms with Crippen molar-refractivity contribution in [1.29, 1.82) is 0 Å². The van der Waals surface area contributed by atoms with E-state index in [4.69, 9.17) is 4.42 Å². The summed E-state index contributed by atoms with van der Waals surface area (Å²) in [5, 5.41) is 0. The van der Waals surface area contributed by atoms with Crippen LogP contribution >= 0.6 is 0 Å². The van der Waals surface area contributed by atoms with E-state index in [0.717, 1.165) is 36.0 Å². The van der Waals surface area contributed by atoms with Gasteiger partial charge in [-0.3, -0.25) is 9.59 Å². The van der Waals surface area contributed by atoms with Crippen molar-refractivity contribution >= 4 is 17.1 Å². The summed E-state index contributed by atoms with van der Waals surface area (Å²) in [5.74, 6) is 0.552. The maximum Gasteiger partial charge on any atom is 0.237 e. The number of ketones is 2. The number of furan rings is 1. The minimum Gasteiger partial charge on any atom is -0.464 e. The molecule has 0 saturated heterocycles. The molecular formula is C20H24O3. The Morgan fingerprint density at radius 3 is 2.61 bits per heavy atom. The molecule has 2 unspecified atom stereocenters. The highest BCUT2D eigenvalue weighted by Crippen LogP contribution is 2.63. The molecule has 0 radical (unpaired) electrons. The fourth-order valence-corrected chi connectivity index (χ4v) is 5.67. The summed E-state index contributed by atoms with van der Waals surface area (Å²) in [7, 11) is 0. The number of Topliss-reactive ketones (excluding diaryl/α,β-unsaturated/α-hetero) is 2. The van der Waals surface area contributed by atoms with Crippen LogP contribution in [0.3, 0.4) is 0 Å². The first-order valence-electron chi connectivity index (χ1n) is 8.68. The van der Waals surface area contributed by atoms with Gasteiger partial charge in [0, 0.05) is 11.1 Å². The summed E-state index contributed by atoms with van der Waals surface area (Å²) in [5.41, 5.74) is 3.27. The van der Waals surface area contributed by atoms with Crippen LogP contribution in [0.15, 0.2) is 16.3 Å². The van der Waals surface area contributed by atoms with E-state index in [2.05, 4.69) is 20.8 Å². The first-order chi connectivity index (χ1) is 10.8. The van der Waals surface area contributed by atoms with E-state index in [9.17, 15) is 9.59 Å². The van der Waals surface area contributed by atoms with Gasteiger partial charge in [-0.05, 0) is 54.9 Å². The van der Waals surface area contributed by atoms with E-state index in [1.807, 2.05) is 6.92 Å². The molecule has 23 heavy (non-hydrogen) atoms. The smallest absolute Gasteiger partial charge is 0.237 e. The fraction of sp³-hybridized carbons (Fsp3) is 0.600. The van der Waals surface area contributed by atoms with Crippen LogP contribution in [0.25, 0.3) is 5.57 Å². The standard InChI is InChI=1S/C20H24O3/c1-11-10-23-18-14(11)17(22)16(21)12-6-7-13-19(2,3)8-5-9-20(13,4)15(12)18/h10,13H,5-9H2,1-4H3. The van der Waals surface area contributed by atoms with Crippen molar-refractivity contribution in [2.24, 2.45) is 16.7 Å². The summed E-state index contributed by atoms with van der Waals surface area (Å²) in [4.78, 5) is 25.2. The fourth-order valence-electron chi connectivity index (χ4n) is 5.67. The van der Waals surface area contributed by atoms with Crippen LogP contribution in [0, 0.1) is 23.7 Å². The van der Waals surface area contributed by atoms with E-state index >= 15 is 0 Å². The number of allylic oxidation sites excluding steroid dienone is 2. The molecule has 0 amide bonds. The molecule has 3 nitrogen and oxygen atoms in total. The molecule has 0 bridgehead atoms. The molecule has 1 fully saturated rings. The maximum atomic E-state index is 12.7. The van der Waals surface area contributed by atoms with Crippen molar-refractivity contribution in [3.8, 4) is 0 Å². The van der Waals surface area contributed by atoms with E-state index in [0.29, 0.717) is 23.7 Å². The second kappa shape index (κ2) is 4.46. The predicted molar refractivity (Wildman–Crippen MR) is 88.2 cm³/mol. The molecule has 2 atom stereocenters. The molecule has 1 heterocycles. The normalized spacial score (nSPS) is 32.4. The van der Waals surface area contributed by atoms with E-state index in [1.54, 1.807) is 6.26 Å². The van der Waals surface area contributed by atoms with Gasteiger partial charge < -0.3 is 4.42 Å². The lowest BCUT2D eigenvalue weighted by molar-refractivity contribution is -0.112. The highest BCUT2D eigenvalue weighted by molar-refractivity contribution is 6.52. The number of hydrogen-bond acceptors (Lipinski definition) is 3. The van der Waals surface area contributed by atoms with Gasteiger partial charge in [0.15, 0.2) is 0 Å². The van der Waals surface area contributed by atoms with Crippen LogP contribution in [0.2, 0.25) is 0 Å². The minimum atomic E-state index is -0.373. The van der Waals surface area contributed by atoms with Crippen molar-refractivity contribution in [3.63, 3.8) is 0 Å². The third-order valence-corrected chi connectivity index (χ3v) is 6.69. The first kappa shape index (κ1) is 14.9.